The second kappa shape index (κ2) is 9.02. The highest BCUT2D eigenvalue weighted by atomic mass is 16.5. The molecule has 0 aliphatic heterocycles. The van der Waals surface area contributed by atoms with Crippen molar-refractivity contribution in [3.63, 3.8) is 0 Å². The molecule has 2 heteroatoms. The molecule has 1 unspecified atom stereocenters. The molecule has 0 amide bonds. The van der Waals surface area contributed by atoms with Crippen LogP contribution in [0.5, 0.6) is 5.75 Å². The van der Waals surface area contributed by atoms with Crippen LogP contribution in [0.2, 0.25) is 0 Å². The molecule has 0 heterocycles. The van der Waals surface area contributed by atoms with E-state index in [1.807, 2.05) is 0 Å². The maximum absolute atomic E-state index is 5.45. The lowest BCUT2D eigenvalue weighted by molar-refractivity contribution is 0.407. The van der Waals surface area contributed by atoms with Crippen LogP contribution in [0.1, 0.15) is 68.2 Å². The Hall–Kier alpha value is -1.02. The third kappa shape index (κ3) is 4.82. The molecule has 0 radical (unpaired) electrons. The predicted molar refractivity (Wildman–Crippen MR) is 87.6 cm³/mol. The summed E-state index contributed by atoms with van der Waals surface area (Å²) < 4.78 is 5.45. The van der Waals surface area contributed by atoms with Crippen LogP contribution < -0.4 is 10.1 Å². The second-order valence-electron chi connectivity index (χ2n) is 5.73. The van der Waals surface area contributed by atoms with Crippen molar-refractivity contribution in [2.24, 2.45) is 0 Å². The first-order chi connectivity index (χ1) is 9.63. The molecule has 0 aliphatic rings. The number of unbranched alkanes of at least 4 members (excludes halogenated alkanes) is 4. The summed E-state index contributed by atoms with van der Waals surface area (Å²) >= 11 is 0. The first-order valence-corrected chi connectivity index (χ1v) is 7.96. The van der Waals surface area contributed by atoms with Gasteiger partial charge in [0.25, 0.3) is 0 Å². The van der Waals surface area contributed by atoms with Gasteiger partial charge in [0.15, 0.2) is 0 Å². The van der Waals surface area contributed by atoms with Crippen LogP contribution in [0.15, 0.2) is 12.1 Å². The van der Waals surface area contributed by atoms with E-state index in [4.69, 9.17) is 4.74 Å². The molecule has 2 nitrogen and oxygen atoms in total. The maximum atomic E-state index is 5.45. The lowest BCUT2D eigenvalue weighted by Gasteiger charge is -2.19. The van der Waals surface area contributed by atoms with Crippen LogP contribution in [-0.4, -0.2) is 14.2 Å². The average molecular weight is 277 g/mol. The summed E-state index contributed by atoms with van der Waals surface area (Å²) in [4.78, 5) is 0. The average Bonchev–Trinajstić information content (AvgIpc) is 2.42. The summed E-state index contributed by atoms with van der Waals surface area (Å²) in [5, 5.41) is 3.46. The van der Waals surface area contributed by atoms with Gasteiger partial charge in [-0.15, -0.1) is 0 Å². The zero-order valence-electron chi connectivity index (χ0n) is 13.9. The van der Waals surface area contributed by atoms with E-state index in [0.717, 1.165) is 5.75 Å². The molecule has 20 heavy (non-hydrogen) atoms. The number of ether oxygens (including phenoxy) is 1. The molecule has 0 bridgehead atoms. The number of aryl methyl sites for hydroxylation is 2. The minimum absolute atomic E-state index is 0.458. The summed E-state index contributed by atoms with van der Waals surface area (Å²) in [6, 6.07) is 4.98. The highest BCUT2D eigenvalue weighted by Crippen LogP contribution is 2.29. The highest BCUT2D eigenvalue weighted by Gasteiger charge is 2.12. The van der Waals surface area contributed by atoms with Crippen LogP contribution in [0.3, 0.4) is 0 Å². The molecule has 1 N–H and O–H groups in total. The number of hydrogen-bond acceptors (Lipinski definition) is 2. The number of methoxy groups -OCH3 is 1. The topological polar surface area (TPSA) is 21.3 Å². The van der Waals surface area contributed by atoms with Gasteiger partial charge >= 0.3 is 0 Å². The van der Waals surface area contributed by atoms with Gasteiger partial charge in [-0.05, 0) is 44.0 Å². The van der Waals surface area contributed by atoms with Gasteiger partial charge in [0.2, 0.25) is 0 Å². The molecule has 1 rings (SSSR count). The Morgan fingerprint density at radius 1 is 1.05 bits per heavy atom. The van der Waals surface area contributed by atoms with Crippen molar-refractivity contribution in [3.8, 4) is 5.75 Å². The Bertz CT molecular complexity index is 377. The summed E-state index contributed by atoms with van der Waals surface area (Å²) in [7, 11) is 3.81. The molecule has 1 aromatic rings. The van der Waals surface area contributed by atoms with E-state index >= 15 is 0 Å². The number of rotatable bonds is 9. The molecule has 1 aromatic carbocycles. The van der Waals surface area contributed by atoms with Crippen molar-refractivity contribution in [2.75, 3.05) is 14.2 Å². The molecule has 0 fully saturated rings. The predicted octanol–water partition coefficient (Wildman–Crippen LogP) is 4.93. The molecular formula is C18H31NO. The normalized spacial score (nSPS) is 12.4. The van der Waals surface area contributed by atoms with Crippen molar-refractivity contribution in [1.29, 1.82) is 0 Å². The first kappa shape index (κ1) is 17.0. The van der Waals surface area contributed by atoms with Crippen LogP contribution in [-0.2, 0) is 0 Å². The molecule has 0 saturated carbocycles. The third-order valence-corrected chi connectivity index (χ3v) is 4.03. The molecule has 114 valence electrons. The van der Waals surface area contributed by atoms with Crippen LogP contribution in [0, 0.1) is 13.8 Å². The minimum Gasteiger partial charge on any atom is -0.496 e. The fourth-order valence-corrected chi connectivity index (χ4v) is 2.94. The van der Waals surface area contributed by atoms with Gasteiger partial charge in [-0.2, -0.15) is 0 Å². The Morgan fingerprint density at radius 2 is 1.65 bits per heavy atom. The molecule has 0 saturated heterocycles. The highest BCUT2D eigenvalue weighted by molar-refractivity contribution is 5.44. The lowest BCUT2D eigenvalue weighted by Crippen LogP contribution is -2.16. The molecule has 0 spiro atoms. The van der Waals surface area contributed by atoms with Crippen LogP contribution in [0.25, 0.3) is 0 Å². The first-order valence-electron chi connectivity index (χ1n) is 7.96. The van der Waals surface area contributed by atoms with E-state index in [2.05, 4.69) is 45.3 Å². The molecule has 0 aromatic heterocycles. The largest absolute Gasteiger partial charge is 0.496 e. The Balaban J connectivity index is 2.65. The number of hydrogen-bond donors (Lipinski definition) is 1. The Morgan fingerprint density at radius 3 is 2.15 bits per heavy atom. The molecule has 0 aliphatic carbocycles. The summed E-state index contributed by atoms with van der Waals surface area (Å²) in [6.45, 7) is 6.52. The van der Waals surface area contributed by atoms with Crippen molar-refractivity contribution < 1.29 is 4.74 Å². The van der Waals surface area contributed by atoms with Gasteiger partial charge in [0, 0.05) is 6.04 Å². The van der Waals surface area contributed by atoms with Crippen molar-refractivity contribution >= 4 is 0 Å². The van der Waals surface area contributed by atoms with E-state index in [9.17, 15) is 0 Å². The van der Waals surface area contributed by atoms with Crippen LogP contribution in [0.4, 0.5) is 0 Å². The fourth-order valence-electron chi connectivity index (χ4n) is 2.94. The van der Waals surface area contributed by atoms with E-state index in [-0.39, 0.29) is 0 Å². The smallest absolute Gasteiger partial charge is 0.124 e. The monoisotopic (exact) mass is 277 g/mol. The number of nitrogens with one attached hydrogen (secondary N) is 1. The van der Waals surface area contributed by atoms with Crippen molar-refractivity contribution in [2.45, 2.75) is 65.3 Å². The quantitative estimate of drug-likeness (QED) is 0.646. The Labute approximate surface area is 124 Å². The van der Waals surface area contributed by atoms with Gasteiger partial charge in [-0.25, -0.2) is 0 Å². The summed E-state index contributed by atoms with van der Waals surface area (Å²) in [5.41, 5.74) is 3.85. The van der Waals surface area contributed by atoms with Gasteiger partial charge < -0.3 is 10.1 Å². The maximum Gasteiger partial charge on any atom is 0.124 e. The molecule has 1 atom stereocenters. The minimum atomic E-state index is 0.458. The number of benzene rings is 1. The van der Waals surface area contributed by atoms with E-state index in [0.29, 0.717) is 6.04 Å². The summed E-state index contributed by atoms with van der Waals surface area (Å²) in [6.07, 6.45) is 7.91. The summed E-state index contributed by atoms with van der Waals surface area (Å²) in [5.74, 6) is 1.02. The lowest BCUT2D eigenvalue weighted by atomic mass is 9.96. The SMILES string of the molecule is CCCCCCCC(NC)c1cc(C)c(OC)c(C)c1. The molecular weight excluding hydrogens is 246 g/mol. The third-order valence-electron chi connectivity index (χ3n) is 4.03. The Kier molecular flexibility index (Phi) is 7.68. The van der Waals surface area contributed by atoms with Gasteiger partial charge in [-0.3, -0.25) is 0 Å². The fraction of sp³-hybridized carbons (Fsp3) is 0.667. The zero-order valence-corrected chi connectivity index (χ0v) is 13.9. The van der Waals surface area contributed by atoms with Gasteiger partial charge in [0.05, 0.1) is 7.11 Å². The van der Waals surface area contributed by atoms with Crippen molar-refractivity contribution in [1.82, 2.24) is 5.32 Å². The van der Waals surface area contributed by atoms with Gasteiger partial charge in [-0.1, -0.05) is 51.2 Å². The standard InChI is InChI=1S/C18H31NO/c1-6-7-8-9-10-11-17(19-4)16-12-14(2)18(20-5)15(3)13-16/h12-13,17,19H,6-11H2,1-5H3. The van der Waals surface area contributed by atoms with Crippen LogP contribution >= 0.6 is 0 Å². The second-order valence-corrected chi connectivity index (χ2v) is 5.73. The van der Waals surface area contributed by atoms with E-state index in [1.54, 1.807) is 7.11 Å². The van der Waals surface area contributed by atoms with E-state index in [1.165, 1.54) is 55.2 Å². The zero-order chi connectivity index (χ0) is 15.0. The van der Waals surface area contributed by atoms with E-state index < -0.39 is 0 Å². The van der Waals surface area contributed by atoms with Gasteiger partial charge in [0.1, 0.15) is 5.75 Å². The van der Waals surface area contributed by atoms with Crippen molar-refractivity contribution in [3.05, 3.63) is 28.8 Å².